The Morgan fingerprint density at radius 3 is 1.96 bits per heavy atom. The van der Waals surface area contributed by atoms with Crippen LogP contribution < -0.4 is 10.9 Å². The summed E-state index contributed by atoms with van der Waals surface area (Å²) in [5.74, 6) is 0. The highest BCUT2D eigenvalue weighted by molar-refractivity contribution is 7.89. The molecule has 0 aromatic heterocycles. The Morgan fingerprint density at radius 2 is 1.33 bits per heavy atom. The SMILES string of the molecule is NC(c1ccccc1)c1ccc(-c2cccc(S(N)(=O)=O)c2)cc1. The fraction of sp³-hybridized carbons (Fsp3) is 0.0526. The maximum absolute atomic E-state index is 11.5. The van der Waals surface area contributed by atoms with Gasteiger partial charge in [-0.25, -0.2) is 13.6 Å². The minimum atomic E-state index is -3.71. The first-order valence-electron chi connectivity index (χ1n) is 7.49. The van der Waals surface area contributed by atoms with Crippen LogP contribution in [0.2, 0.25) is 0 Å². The molecule has 0 amide bonds. The average Bonchev–Trinajstić information content (AvgIpc) is 2.61. The van der Waals surface area contributed by atoms with E-state index in [0.29, 0.717) is 0 Å². The zero-order chi connectivity index (χ0) is 17.2. The van der Waals surface area contributed by atoms with Gasteiger partial charge in [-0.05, 0) is 34.4 Å². The first-order chi connectivity index (χ1) is 11.4. The van der Waals surface area contributed by atoms with Crippen LogP contribution in [0.25, 0.3) is 11.1 Å². The van der Waals surface area contributed by atoms with Gasteiger partial charge in [0.1, 0.15) is 0 Å². The molecule has 0 spiro atoms. The van der Waals surface area contributed by atoms with Crippen molar-refractivity contribution in [2.45, 2.75) is 10.9 Å². The van der Waals surface area contributed by atoms with E-state index in [9.17, 15) is 8.42 Å². The van der Waals surface area contributed by atoms with Crippen LogP contribution in [-0.4, -0.2) is 8.42 Å². The number of hydrogen-bond acceptors (Lipinski definition) is 3. The van der Waals surface area contributed by atoms with Crippen LogP contribution in [0.5, 0.6) is 0 Å². The molecule has 0 aliphatic carbocycles. The lowest BCUT2D eigenvalue weighted by atomic mass is 9.97. The van der Waals surface area contributed by atoms with Crippen molar-refractivity contribution < 1.29 is 8.42 Å². The highest BCUT2D eigenvalue weighted by atomic mass is 32.2. The van der Waals surface area contributed by atoms with E-state index < -0.39 is 10.0 Å². The summed E-state index contributed by atoms with van der Waals surface area (Å²) in [6.07, 6.45) is 0. The highest BCUT2D eigenvalue weighted by Gasteiger charge is 2.11. The minimum absolute atomic E-state index is 0.102. The summed E-state index contributed by atoms with van der Waals surface area (Å²) in [4.78, 5) is 0.102. The molecule has 1 unspecified atom stereocenters. The lowest BCUT2D eigenvalue weighted by molar-refractivity contribution is 0.598. The maximum atomic E-state index is 11.5. The van der Waals surface area contributed by atoms with Gasteiger partial charge in [0.15, 0.2) is 0 Å². The smallest absolute Gasteiger partial charge is 0.238 e. The van der Waals surface area contributed by atoms with E-state index in [-0.39, 0.29) is 10.9 Å². The molecule has 3 aromatic rings. The normalized spacial score (nSPS) is 12.8. The van der Waals surface area contributed by atoms with E-state index >= 15 is 0 Å². The van der Waals surface area contributed by atoms with Gasteiger partial charge in [-0.3, -0.25) is 0 Å². The van der Waals surface area contributed by atoms with Crippen LogP contribution in [0.3, 0.4) is 0 Å². The summed E-state index contributed by atoms with van der Waals surface area (Å²) in [6.45, 7) is 0. The van der Waals surface area contributed by atoms with E-state index in [1.165, 1.54) is 6.07 Å². The summed E-state index contributed by atoms with van der Waals surface area (Å²) >= 11 is 0. The standard InChI is InChI=1S/C19H18N2O2S/c20-19(15-5-2-1-3-6-15)16-11-9-14(10-12-16)17-7-4-8-18(13-17)24(21,22)23/h1-13,19H,20H2,(H2,21,22,23). The molecule has 0 saturated carbocycles. The van der Waals surface area contributed by atoms with Gasteiger partial charge in [-0.15, -0.1) is 0 Å². The molecular weight excluding hydrogens is 320 g/mol. The Bertz CT molecular complexity index is 937. The van der Waals surface area contributed by atoms with Crippen molar-refractivity contribution in [3.05, 3.63) is 90.0 Å². The second-order valence-corrected chi connectivity index (χ2v) is 7.14. The topological polar surface area (TPSA) is 86.2 Å². The van der Waals surface area contributed by atoms with Crippen molar-refractivity contribution in [3.63, 3.8) is 0 Å². The Labute approximate surface area is 141 Å². The second-order valence-electron chi connectivity index (χ2n) is 5.58. The quantitative estimate of drug-likeness (QED) is 0.766. The largest absolute Gasteiger partial charge is 0.320 e. The van der Waals surface area contributed by atoms with Gasteiger partial charge in [-0.1, -0.05) is 66.7 Å². The van der Waals surface area contributed by atoms with Crippen LogP contribution in [-0.2, 0) is 10.0 Å². The average molecular weight is 338 g/mol. The molecule has 0 bridgehead atoms. The molecule has 0 saturated heterocycles. The van der Waals surface area contributed by atoms with Gasteiger partial charge < -0.3 is 5.73 Å². The summed E-state index contributed by atoms with van der Waals surface area (Å²) in [5, 5.41) is 5.19. The van der Waals surface area contributed by atoms with Gasteiger partial charge in [0.25, 0.3) is 0 Å². The van der Waals surface area contributed by atoms with Crippen molar-refractivity contribution in [1.29, 1.82) is 0 Å². The first-order valence-corrected chi connectivity index (χ1v) is 9.03. The van der Waals surface area contributed by atoms with Crippen LogP contribution in [0.4, 0.5) is 0 Å². The Hall–Kier alpha value is -2.47. The van der Waals surface area contributed by atoms with Crippen molar-refractivity contribution in [1.82, 2.24) is 0 Å². The predicted molar refractivity (Wildman–Crippen MR) is 95.7 cm³/mol. The molecule has 0 fully saturated rings. The van der Waals surface area contributed by atoms with E-state index in [4.69, 9.17) is 10.9 Å². The van der Waals surface area contributed by atoms with Gasteiger partial charge in [0, 0.05) is 0 Å². The number of sulfonamides is 1. The molecule has 1 atom stereocenters. The van der Waals surface area contributed by atoms with Crippen LogP contribution in [0, 0.1) is 0 Å². The highest BCUT2D eigenvalue weighted by Crippen LogP contribution is 2.25. The molecule has 0 heterocycles. The molecule has 122 valence electrons. The molecule has 5 heteroatoms. The summed E-state index contributed by atoms with van der Waals surface area (Å²) in [5.41, 5.74) is 10.0. The lowest BCUT2D eigenvalue weighted by Crippen LogP contribution is -2.12. The van der Waals surface area contributed by atoms with Crippen molar-refractivity contribution in [2.75, 3.05) is 0 Å². The fourth-order valence-corrected chi connectivity index (χ4v) is 3.15. The van der Waals surface area contributed by atoms with Gasteiger partial charge in [0.05, 0.1) is 10.9 Å². The number of nitrogens with two attached hydrogens (primary N) is 2. The molecule has 3 aromatic carbocycles. The Kier molecular flexibility index (Phi) is 4.49. The summed E-state index contributed by atoms with van der Waals surface area (Å²) in [7, 11) is -3.71. The van der Waals surface area contributed by atoms with E-state index in [2.05, 4.69) is 0 Å². The molecule has 3 rings (SSSR count). The Balaban J connectivity index is 1.90. The molecule has 4 N–H and O–H groups in total. The number of primary sulfonamides is 1. The fourth-order valence-electron chi connectivity index (χ4n) is 2.59. The van der Waals surface area contributed by atoms with Crippen LogP contribution in [0.1, 0.15) is 17.2 Å². The zero-order valence-corrected chi connectivity index (χ0v) is 13.8. The number of rotatable bonds is 4. The third-order valence-electron chi connectivity index (χ3n) is 3.92. The summed E-state index contributed by atoms with van der Waals surface area (Å²) < 4.78 is 23.0. The van der Waals surface area contributed by atoms with Gasteiger partial charge in [-0.2, -0.15) is 0 Å². The van der Waals surface area contributed by atoms with Gasteiger partial charge >= 0.3 is 0 Å². The zero-order valence-electron chi connectivity index (χ0n) is 13.0. The van der Waals surface area contributed by atoms with E-state index in [0.717, 1.165) is 22.3 Å². The predicted octanol–water partition coefficient (Wildman–Crippen LogP) is 3.05. The minimum Gasteiger partial charge on any atom is -0.320 e. The lowest BCUT2D eigenvalue weighted by Gasteiger charge is -2.13. The molecule has 0 radical (unpaired) electrons. The number of hydrogen-bond donors (Lipinski definition) is 2. The second kappa shape index (κ2) is 6.57. The van der Waals surface area contributed by atoms with Crippen LogP contribution in [0.15, 0.2) is 83.8 Å². The maximum Gasteiger partial charge on any atom is 0.238 e. The number of benzene rings is 3. The van der Waals surface area contributed by atoms with E-state index in [1.807, 2.05) is 60.7 Å². The molecule has 4 nitrogen and oxygen atoms in total. The molecule has 0 aliphatic heterocycles. The third kappa shape index (κ3) is 3.54. The van der Waals surface area contributed by atoms with Crippen molar-refractivity contribution >= 4 is 10.0 Å². The van der Waals surface area contributed by atoms with Crippen molar-refractivity contribution in [3.8, 4) is 11.1 Å². The molecular formula is C19H18N2O2S. The first kappa shape index (κ1) is 16.4. The summed E-state index contributed by atoms with van der Waals surface area (Å²) in [6, 6.07) is 24.0. The van der Waals surface area contributed by atoms with E-state index in [1.54, 1.807) is 12.1 Å². The monoisotopic (exact) mass is 338 g/mol. The van der Waals surface area contributed by atoms with Crippen LogP contribution >= 0.6 is 0 Å². The van der Waals surface area contributed by atoms with Gasteiger partial charge in [0.2, 0.25) is 10.0 Å². The molecule has 0 aliphatic rings. The molecule has 24 heavy (non-hydrogen) atoms. The Morgan fingerprint density at radius 1 is 0.708 bits per heavy atom. The third-order valence-corrected chi connectivity index (χ3v) is 4.84. The van der Waals surface area contributed by atoms with Crippen molar-refractivity contribution in [2.24, 2.45) is 10.9 Å².